The van der Waals surface area contributed by atoms with Crippen LogP contribution in [0.3, 0.4) is 0 Å². The minimum atomic E-state index is -2.83. The van der Waals surface area contributed by atoms with E-state index in [1.165, 1.54) is 31.5 Å². The third kappa shape index (κ3) is 4.64. The second-order valence-electron chi connectivity index (χ2n) is 6.44. The first-order valence-electron chi connectivity index (χ1n) is 8.84. The number of amides is 1. The number of aromatic nitrogens is 3. The molecule has 0 radical (unpaired) electrons. The Balaban J connectivity index is 2.01. The van der Waals surface area contributed by atoms with Crippen LogP contribution >= 0.6 is 23.2 Å². The number of pyridine rings is 1. The van der Waals surface area contributed by atoms with Crippen LogP contribution in [0, 0.1) is 0 Å². The van der Waals surface area contributed by atoms with Crippen LogP contribution in [-0.2, 0) is 0 Å². The van der Waals surface area contributed by atoms with E-state index in [4.69, 9.17) is 39.4 Å². The molecule has 0 aliphatic carbocycles. The number of nitrogens with one attached hydrogen (secondary N) is 1. The number of hydrogen-bond acceptors (Lipinski definition) is 7. The van der Waals surface area contributed by atoms with Crippen LogP contribution in [-0.4, -0.2) is 34.0 Å². The van der Waals surface area contributed by atoms with Gasteiger partial charge in [0.15, 0.2) is 0 Å². The second-order valence-corrected chi connectivity index (χ2v) is 7.26. The Morgan fingerprint density at radius 2 is 1.88 bits per heavy atom. The van der Waals surface area contributed by atoms with E-state index in [2.05, 4.69) is 15.3 Å². The maximum Gasteiger partial charge on any atom is 0.273 e. The number of methoxy groups -OCH3 is 1. The van der Waals surface area contributed by atoms with Crippen molar-refractivity contribution in [2.24, 2.45) is 5.73 Å². The predicted molar refractivity (Wildman–Crippen MR) is 116 cm³/mol. The highest BCUT2D eigenvalue weighted by molar-refractivity contribution is 6.38. The molecule has 0 unspecified atom stereocenters. The molecular weight excluding hydrogens is 469 g/mol. The van der Waals surface area contributed by atoms with Gasteiger partial charge < -0.3 is 21.5 Å². The number of alkyl halides is 2. The van der Waals surface area contributed by atoms with Crippen LogP contribution in [0.1, 0.15) is 22.0 Å². The zero-order valence-electron chi connectivity index (χ0n) is 16.4. The van der Waals surface area contributed by atoms with Crippen molar-refractivity contribution in [1.29, 1.82) is 0 Å². The van der Waals surface area contributed by atoms with E-state index in [0.717, 1.165) is 17.1 Å². The van der Waals surface area contributed by atoms with Gasteiger partial charge in [0.05, 0.1) is 40.8 Å². The first-order chi connectivity index (χ1) is 15.1. The highest BCUT2D eigenvalue weighted by atomic mass is 35.5. The van der Waals surface area contributed by atoms with Gasteiger partial charge in [-0.3, -0.25) is 19.1 Å². The number of halogens is 4. The van der Waals surface area contributed by atoms with Crippen LogP contribution in [0.4, 0.5) is 20.3 Å². The number of ether oxygens (including phenoxy) is 1. The molecule has 0 saturated heterocycles. The average Bonchev–Trinajstić information content (AvgIpc) is 2.74. The van der Waals surface area contributed by atoms with Crippen LogP contribution in [0.15, 0.2) is 41.7 Å². The SMILES string of the molecule is COc1cc(Cl)c(-n2cnc(N)c(C(=O)Nc3cncc([C@@H](N)C(F)F)c3)c2=O)c(Cl)c1. The molecule has 1 amide bonds. The van der Waals surface area contributed by atoms with Crippen LogP contribution in [0.2, 0.25) is 10.0 Å². The lowest BCUT2D eigenvalue weighted by atomic mass is 10.1. The fraction of sp³-hybridized carbons (Fsp3) is 0.158. The molecule has 168 valence electrons. The minimum absolute atomic E-state index is 0.00818. The van der Waals surface area contributed by atoms with Crippen molar-refractivity contribution < 1.29 is 18.3 Å². The molecule has 0 fully saturated rings. The summed E-state index contributed by atoms with van der Waals surface area (Å²) < 4.78 is 31.7. The third-order valence-electron chi connectivity index (χ3n) is 4.37. The van der Waals surface area contributed by atoms with Gasteiger partial charge in [-0.05, 0) is 11.6 Å². The van der Waals surface area contributed by atoms with Crippen molar-refractivity contribution in [3.8, 4) is 11.4 Å². The van der Waals surface area contributed by atoms with Crippen LogP contribution in [0.25, 0.3) is 5.69 Å². The van der Waals surface area contributed by atoms with Crippen molar-refractivity contribution in [1.82, 2.24) is 14.5 Å². The molecule has 3 rings (SSSR count). The standard InChI is InChI=1S/C19H16Cl2F2N6O3/c1-32-10-3-11(20)15(12(21)4-10)29-7-27-17(25)13(19(29)31)18(30)28-9-2-8(5-26-6-9)14(24)16(22)23/h2-7,14,16H,24-25H2,1H3,(H,28,30)/t14-/m1/s1. The molecule has 1 aromatic carbocycles. The molecule has 0 aliphatic rings. The van der Waals surface area contributed by atoms with Crippen molar-refractivity contribution >= 4 is 40.6 Å². The predicted octanol–water partition coefficient (Wildman–Crippen LogP) is 3.04. The van der Waals surface area contributed by atoms with E-state index in [1.807, 2.05) is 0 Å². The molecular formula is C19H16Cl2F2N6O3. The summed E-state index contributed by atoms with van der Waals surface area (Å²) in [5.74, 6) is -0.954. The molecule has 0 saturated carbocycles. The van der Waals surface area contributed by atoms with Crippen LogP contribution < -0.4 is 27.1 Å². The Morgan fingerprint density at radius 1 is 1.22 bits per heavy atom. The number of carbonyl (C=O) groups excluding carboxylic acids is 1. The number of anilines is 2. The topological polar surface area (TPSA) is 138 Å². The zero-order valence-corrected chi connectivity index (χ0v) is 17.9. The molecule has 3 aromatic rings. The summed E-state index contributed by atoms with van der Waals surface area (Å²) in [6.07, 6.45) is 0.577. The Morgan fingerprint density at radius 3 is 2.47 bits per heavy atom. The quantitative estimate of drug-likeness (QED) is 0.488. The van der Waals surface area contributed by atoms with Gasteiger partial charge >= 0.3 is 0 Å². The van der Waals surface area contributed by atoms with Gasteiger partial charge in [0.25, 0.3) is 17.9 Å². The van der Waals surface area contributed by atoms with Crippen molar-refractivity contribution in [3.63, 3.8) is 0 Å². The van der Waals surface area contributed by atoms with Crippen molar-refractivity contribution in [2.75, 3.05) is 18.2 Å². The molecule has 0 bridgehead atoms. The number of nitrogens with two attached hydrogens (primary N) is 2. The largest absolute Gasteiger partial charge is 0.497 e. The van der Waals surface area contributed by atoms with Gasteiger partial charge in [-0.25, -0.2) is 13.8 Å². The summed E-state index contributed by atoms with van der Waals surface area (Å²) in [5.41, 5.74) is 9.87. The smallest absolute Gasteiger partial charge is 0.273 e. The Kier molecular flexibility index (Phi) is 6.92. The minimum Gasteiger partial charge on any atom is -0.497 e. The van der Waals surface area contributed by atoms with E-state index in [0.29, 0.717) is 5.75 Å². The molecule has 2 heterocycles. The van der Waals surface area contributed by atoms with Crippen molar-refractivity contribution in [3.05, 3.63) is 68.4 Å². The monoisotopic (exact) mass is 484 g/mol. The number of hydrogen-bond donors (Lipinski definition) is 3. The summed E-state index contributed by atoms with van der Waals surface area (Å²) >= 11 is 12.5. The van der Waals surface area contributed by atoms with Crippen LogP contribution in [0.5, 0.6) is 5.75 Å². The fourth-order valence-electron chi connectivity index (χ4n) is 2.78. The average molecular weight is 485 g/mol. The molecule has 2 aromatic heterocycles. The zero-order chi connectivity index (χ0) is 23.6. The highest BCUT2D eigenvalue weighted by Crippen LogP contribution is 2.32. The van der Waals surface area contributed by atoms with E-state index in [9.17, 15) is 18.4 Å². The molecule has 5 N–H and O–H groups in total. The lowest BCUT2D eigenvalue weighted by Crippen LogP contribution is -2.31. The lowest BCUT2D eigenvalue weighted by Gasteiger charge is -2.14. The van der Waals surface area contributed by atoms with E-state index >= 15 is 0 Å². The second kappa shape index (κ2) is 9.47. The molecule has 9 nitrogen and oxygen atoms in total. The lowest BCUT2D eigenvalue weighted by molar-refractivity contribution is 0.102. The Bertz CT molecular complexity index is 1210. The first kappa shape index (κ1) is 23.4. The normalized spacial score (nSPS) is 12.0. The van der Waals surface area contributed by atoms with E-state index < -0.39 is 29.5 Å². The summed E-state index contributed by atoms with van der Waals surface area (Å²) in [4.78, 5) is 33.5. The van der Waals surface area contributed by atoms with Gasteiger partial charge in [0.2, 0.25) is 0 Å². The van der Waals surface area contributed by atoms with Gasteiger partial charge in [0.1, 0.15) is 23.5 Å². The molecule has 32 heavy (non-hydrogen) atoms. The number of benzene rings is 1. The molecule has 0 aliphatic heterocycles. The number of nitrogen functional groups attached to an aromatic ring is 1. The molecule has 13 heteroatoms. The van der Waals surface area contributed by atoms with E-state index in [1.54, 1.807) is 0 Å². The molecule has 0 spiro atoms. The highest BCUT2D eigenvalue weighted by Gasteiger charge is 2.23. The fourth-order valence-corrected chi connectivity index (χ4v) is 3.43. The van der Waals surface area contributed by atoms with Gasteiger partial charge in [0, 0.05) is 18.3 Å². The Labute approximate surface area is 189 Å². The maximum absolute atomic E-state index is 13.0. The molecule has 1 atom stereocenters. The summed E-state index contributed by atoms with van der Waals surface area (Å²) in [5, 5.41) is 2.50. The summed E-state index contributed by atoms with van der Waals surface area (Å²) in [7, 11) is 1.42. The number of carbonyl (C=O) groups is 1. The van der Waals surface area contributed by atoms with E-state index in [-0.39, 0.29) is 32.8 Å². The summed E-state index contributed by atoms with van der Waals surface area (Å²) in [6, 6.07) is 2.47. The van der Waals surface area contributed by atoms with Crippen molar-refractivity contribution in [2.45, 2.75) is 12.5 Å². The maximum atomic E-state index is 13.0. The summed E-state index contributed by atoms with van der Waals surface area (Å²) in [6.45, 7) is 0. The first-order valence-corrected chi connectivity index (χ1v) is 9.60. The third-order valence-corrected chi connectivity index (χ3v) is 4.95. The Hall–Kier alpha value is -3.28. The number of nitrogens with zero attached hydrogens (tertiary/aromatic N) is 3. The van der Waals surface area contributed by atoms with Gasteiger partial charge in [-0.2, -0.15) is 0 Å². The number of rotatable bonds is 6. The van der Waals surface area contributed by atoms with Gasteiger partial charge in [-0.15, -0.1) is 0 Å². The van der Waals surface area contributed by atoms with Gasteiger partial charge in [-0.1, -0.05) is 23.2 Å².